The van der Waals surface area contributed by atoms with Crippen LogP contribution in [-0.2, 0) is 11.8 Å². The minimum Gasteiger partial charge on any atom is -0.317 e. The van der Waals surface area contributed by atoms with Crippen LogP contribution >= 0.6 is 34.9 Å². The number of amides is 1. The van der Waals surface area contributed by atoms with Crippen LogP contribution in [0.1, 0.15) is 0 Å². The summed E-state index contributed by atoms with van der Waals surface area (Å²) >= 11 is 4.99. The van der Waals surface area contributed by atoms with Gasteiger partial charge in [0.2, 0.25) is 5.91 Å². The predicted octanol–water partition coefficient (Wildman–Crippen LogP) is 1.81. The molecule has 8 heteroatoms. The maximum atomic E-state index is 11.7. The fourth-order valence-electron chi connectivity index (χ4n) is 2.47. The summed E-state index contributed by atoms with van der Waals surface area (Å²) in [5.74, 6) is 0.889. The molecule has 5 nitrogen and oxygen atoms in total. The average Bonchev–Trinajstić information content (AvgIpc) is 3.03. The van der Waals surface area contributed by atoms with Gasteiger partial charge in [-0.2, -0.15) is 0 Å². The van der Waals surface area contributed by atoms with Crippen LogP contribution in [0.3, 0.4) is 0 Å². The van der Waals surface area contributed by atoms with Gasteiger partial charge in [0.15, 0.2) is 16.7 Å². The lowest BCUT2D eigenvalue weighted by molar-refractivity contribution is -0.671. The van der Waals surface area contributed by atoms with E-state index < -0.39 is 0 Å². The van der Waals surface area contributed by atoms with Gasteiger partial charge < -0.3 is 10.6 Å². The lowest BCUT2D eigenvalue weighted by Gasteiger charge is -2.45. The number of thiazole rings is 1. The standard InChI is InChI=1S/C15H15N4OS3/c1-18-4-2-9(3-5-18)11-8-22-15(17-11)23-10-6-19-13(20)12(16)14(19)21-7-10/h2-6,8,12,14H,7,16H2,1H3/q+1/t12-,14-/m1/s1. The highest BCUT2D eigenvalue weighted by Gasteiger charge is 2.46. The fourth-order valence-corrected chi connectivity index (χ4v) is 5.71. The maximum Gasteiger partial charge on any atom is 0.247 e. The normalized spacial score (nSPS) is 23.3. The summed E-state index contributed by atoms with van der Waals surface area (Å²) in [6.07, 6.45) is 5.96. The van der Waals surface area contributed by atoms with Crippen molar-refractivity contribution in [1.29, 1.82) is 0 Å². The van der Waals surface area contributed by atoms with E-state index in [4.69, 9.17) is 10.7 Å². The molecular formula is C15H15N4OS3+. The Morgan fingerprint density at radius 1 is 1.43 bits per heavy atom. The number of hydrogen-bond acceptors (Lipinski definition) is 6. The first-order valence-corrected chi connectivity index (χ1v) is 9.85. The number of carbonyl (C=O) groups is 1. The molecule has 0 saturated carbocycles. The van der Waals surface area contributed by atoms with Crippen LogP contribution in [0.25, 0.3) is 11.3 Å². The van der Waals surface area contributed by atoms with Gasteiger partial charge in [-0.05, 0) is 0 Å². The van der Waals surface area contributed by atoms with Crippen molar-refractivity contribution < 1.29 is 9.36 Å². The number of aryl methyl sites for hydroxylation is 1. The molecule has 2 aromatic rings. The van der Waals surface area contributed by atoms with Gasteiger partial charge in [-0.3, -0.25) is 4.79 Å². The van der Waals surface area contributed by atoms with Crippen molar-refractivity contribution >= 4 is 40.8 Å². The molecule has 0 bridgehead atoms. The van der Waals surface area contributed by atoms with Crippen molar-refractivity contribution in [3.8, 4) is 11.3 Å². The molecule has 2 atom stereocenters. The zero-order valence-electron chi connectivity index (χ0n) is 12.4. The molecule has 1 fully saturated rings. The van der Waals surface area contributed by atoms with Crippen LogP contribution in [0.2, 0.25) is 0 Å². The number of rotatable bonds is 3. The maximum absolute atomic E-state index is 11.7. The van der Waals surface area contributed by atoms with E-state index >= 15 is 0 Å². The second-order valence-corrected chi connectivity index (χ2v) is 8.76. The molecule has 2 aromatic heterocycles. The smallest absolute Gasteiger partial charge is 0.247 e. The summed E-state index contributed by atoms with van der Waals surface area (Å²) in [4.78, 5) is 19.3. The number of pyridine rings is 1. The van der Waals surface area contributed by atoms with Crippen LogP contribution in [0.15, 0.2) is 45.4 Å². The van der Waals surface area contributed by atoms with Crippen molar-refractivity contribution in [2.75, 3.05) is 5.75 Å². The second kappa shape index (κ2) is 5.94. The summed E-state index contributed by atoms with van der Waals surface area (Å²) in [6.45, 7) is 0. The highest BCUT2D eigenvalue weighted by Crippen LogP contribution is 2.41. The Hall–Kier alpha value is -1.35. The van der Waals surface area contributed by atoms with Crippen LogP contribution < -0.4 is 10.3 Å². The average molecular weight is 364 g/mol. The molecule has 4 heterocycles. The first-order valence-electron chi connectivity index (χ1n) is 7.11. The number of fused-ring (bicyclic) bond motifs is 1. The summed E-state index contributed by atoms with van der Waals surface area (Å²) in [6, 6.07) is 3.78. The van der Waals surface area contributed by atoms with Gasteiger partial charge in [0.25, 0.3) is 0 Å². The van der Waals surface area contributed by atoms with Crippen LogP contribution in [0.4, 0.5) is 0 Å². The molecule has 0 aliphatic carbocycles. The number of hydrogen-bond donors (Lipinski definition) is 1. The highest BCUT2D eigenvalue weighted by molar-refractivity contribution is 8.07. The van der Waals surface area contributed by atoms with Gasteiger partial charge in [-0.1, -0.05) is 11.8 Å². The van der Waals surface area contributed by atoms with Gasteiger partial charge >= 0.3 is 0 Å². The van der Waals surface area contributed by atoms with Gasteiger partial charge in [-0.15, -0.1) is 23.1 Å². The molecule has 4 rings (SSSR count). The first kappa shape index (κ1) is 15.2. The van der Waals surface area contributed by atoms with Gasteiger partial charge in [-0.25, -0.2) is 9.55 Å². The molecule has 2 aliphatic heterocycles. The second-order valence-electron chi connectivity index (χ2n) is 5.42. The summed E-state index contributed by atoms with van der Waals surface area (Å²) in [5, 5.41) is 2.19. The molecule has 118 valence electrons. The van der Waals surface area contributed by atoms with E-state index in [1.165, 1.54) is 0 Å². The Bertz CT molecular complexity index is 786. The zero-order chi connectivity index (χ0) is 16.0. The number of nitrogens with zero attached hydrogens (tertiary/aromatic N) is 3. The zero-order valence-corrected chi connectivity index (χ0v) is 14.8. The van der Waals surface area contributed by atoms with Crippen LogP contribution in [-0.4, -0.2) is 33.0 Å². The predicted molar refractivity (Wildman–Crippen MR) is 93.7 cm³/mol. The van der Waals surface area contributed by atoms with Gasteiger partial charge in [0.05, 0.1) is 5.69 Å². The monoisotopic (exact) mass is 363 g/mol. The number of β-lactam (4-membered cyclic amide) rings is 1. The first-order chi connectivity index (χ1) is 11.1. The van der Waals surface area contributed by atoms with Crippen molar-refractivity contribution in [3.05, 3.63) is 41.0 Å². The van der Waals surface area contributed by atoms with Crippen molar-refractivity contribution in [3.63, 3.8) is 0 Å². The largest absolute Gasteiger partial charge is 0.317 e. The molecule has 0 aromatic carbocycles. The summed E-state index contributed by atoms with van der Waals surface area (Å²) < 4.78 is 3.00. The number of aromatic nitrogens is 2. The number of thioether (sulfide) groups is 2. The van der Waals surface area contributed by atoms with Crippen LogP contribution in [0.5, 0.6) is 0 Å². The fraction of sp³-hybridized carbons (Fsp3) is 0.267. The van der Waals surface area contributed by atoms with Gasteiger partial charge in [0.1, 0.15) is 18.5 Å². The third-order valence-corrected chi connectivity index (χ3v) is 7.25. The third kappa shape index (κ3) is 2.80. The Morgan fingerprint density at radius 3 is 3.00 bits per heavy atom. The molecular weight excluding hydrogens is 348 g/mol. The lowest BCUT2D eigenvalue weighted by Crippen LogP contribution is -2.65. The van der Waals surface area contributed by atoms with Gasteiger partial charge in [0, 0.05) is 39.9 Å². The Kier molecular flexibility index (Phi) is 3.92. The van der Waals surface area contributed by atoms with E-state index in [9.17, 15) is 4.79 Å². The molecule has 1 amide bonds. The van der Waals surface area contributed by atoms with E-state index in [1.54, 1.807) is 39.8 Å². The molecule has 2 aliphatic rings. The molecule has 2 N–H and O–H groups in total. The minimum atomic E-state index is -0.339. The van der Waals surface area contributed by atoms with E-state index in [0.717, 1.165) is 26.3 Å². The molecule has 0 radical (unpaired) electrons. The Morgan fingerprint density at radius 2 is 2.22 bits per heavy atom. The van der Waals surface area contributed by atoms with Crippen molar-refractivity contribution in [1.82, 2.24) is 9.88 Å². The highest BCUT2D eigenvalue weighted by atomic mass is 32.2. The molecule has 0 unspecified atom stereocenters. The topological polar surface area (TPSA) is 63.1 Å². The molecule has 0 spiro atoms. The number of carbonyl (C=O) groups excluding carboxylic acids is 1. The van der Waals surface area contributed by atoms with E-state index in [0.29, 0.717) is 0 Å². The Labute approximate surface area is 146 Å². The quantitative estimate of drug-likeness (QED) is 0.666. The van der Waals surface area contributed by atoms with E-state index in [2.05, 4.69) is 17.5 Å². The molecule has 23 heavy (non-hydrogen) atoms. The molecule has 1 saturated heterocycles. The summed E-state index contributed by atoms with van der Waals surface area (Å²) in [5.41, 5.74) is 7.89. The van der Waals surface area contributed by atoms with Crippen molar-refractivity contribution in [2.24, 2.45) is 12.8 Å². The Balaban J connectivity index is 1.49. The number of nitrogens with two attached hydrogens (primary N) is 1. The van der Waals surface area contributed by atoms with E-state index in [-0.39, 0.29) is 17.3 Å². The third-order valence-electron chi connectivity index (χ3n) is 3.78. The lowest BCUT2D eigenvalue weighted by atomic mass is 10.1. The minimum absolute atomic E-state index is 0.0114. The summed E-state index contributed by atoms with van der Waals surface area (Å²) in [7, 11) is 2.00. The van der Waals surface area contributed by atoms with Crippen LogP contribution in [0, 0.1) is 0 Å². The van der Waals surface area contributed by atoms with E-state index in [1.807, 2.05) is 30.2 Å². The van der Waals surface area contributed by atoms with Crippen molar-refractivity contribution in [2.45, 2.75) is 15.8 Å². The SMILES string of the molecule is C[n+]1ccc(-c2csc(SC3=CN4C(=O)[C@@H](N)[C@H]4SC3)n2)cc1.